The fraction of sp³-hybridized carbons (Fsp3) is 0.355. The average molecular weight is 505 g/mol. The summed E-state index contributed by atoms with van der Waals surface area (Å²) in [7, 11) is 5.68. The van der Waals surface area contributed by atoms with Gasteiger partial charge in [0.15, 0.2) is 0 Å². The predicted molar refractivity (Wildman–Crippen MR) is 154 cm³/mol. The predicted octanol–water partition coefficient (Wildman–Crippen LogP) is 4.71. The number of carbonyl (C=O) groups is 2. The summed E-state index contributed by atoms with van der Waals surface area (Å²) in [6.07, 6.45) is 4.21. The van der Waals surface area contributed by atoms with Crippen molar-refractivity contribution in [1.29, 1.82) is 0 Å². The minimum Gasteiger partial charge on any atom is -0.338 e. The van der Waals surface area contributed by atoms with E-state index in [1.165, 1.54) is 18.4 Å². The summed E-state index contributed by atoms with van der Waals surface area (Å²) in [6, 6.07) is 30.6. The van der Waals surface area contributed by atoms with Crippen LogP contribution < -0.4 is 10.6 Å². The van der Waals surface area contributed by atoms with Crippen molar-refractivity contribution in [1.82, 2.24) is 20.4 Å². The Balaban J connectivity index is 0.000000302. The second-order valence-corrected chi connectivity index (χ2v) is 8.68. The molecular weight excluding hydrogens is 460 g/mol. The lowest BCUT2D eigenvalue weighted by Gasteiger charge is -2.17. The minimum atomic E-state index is 0.512. The van der Waals surface area contributed by atoms with Crippen LogP contribution >= 0.6 is 0 Å². The number of hydrogen-bond acceptors (Lipinski definition) is 4. The Kier molecular flexibility index (Phi) is 17.6. The van der Waals surface area contributed by atoms with Gasteiger partial charge in [0.1, 0.15) is 0 Å². The molecule has 1 aliphatic rings. The van der Waals surface area contributed by atoms with E-state index in [0.717, 1.165) is 37.0 Å². The van der Waals surface area contributed by atoms with Crippen molar-refractivity contribution in [2.45, 2.75) is 45.4 Å². The molecule has 0 heterocycles. The Morgan fingerprint density at radius 1 is 0.676 bits per heavy atom. The van der Waals surface area contributed by atoms with Crippen LogP contribution in [0.2, 0.25) is 0 Å². The SMILES string of the molecule is CCNC.CNC.O=CN(Cc1ccccc1)C1CC1.O=CN(Cc1ccccc1)Cc1ccccc1. The summed E-state index contributed by atoms with van der Waals surface area (Å²) < 4.78 is 0. The quantitative estimate of drug-likeness (QED) is 0.393. The van der Waals surface area contributed by atoms with Crippen LogP contribution in [0.15, 0.2) is 91.0 Å². The minimum absolute atomic E-state index is 0.512. The first-order valence-electron chi connectivity index (χ1n) is 12.9. The van der Waals surface area contributed by atoms with Gasteiger partial charge in [-0.25, -0.2) is 0 Å². The van der Waals surface area contributed by atoms with Crippen LogP contribution in [0, 0.1) is 0 Å². The number of nitrogens with one attached hydrogen (secondary N) is 2. The zero-order valence-electron chi connectivity index (χ0n) is 22.8. The summed E-state index contributed by atoms with van der Waals surface area (Å²) >= 11 is 0. The molecule has 1 aliphatic carbocycles. The molecule has 2 N–H and O–H groups in total. The molecule has 0 radical (unpaired) electrons. The zero-order chi connectivity index (χ0) is 27.1. The van der Waals surface area contributed by atoms with Gasteiger partial charge in [0.25, 0.3) is 0 Å². The fourth-order valence-corrected chi connectivity index (χ4v) is 3.22. The van der Waals surface area contributed by atoms with E-state index in [9.17, 15) is 9.59 Å². The van der Waals surface area contributed by atoms with Gasteiger partial charge in [0.2, 0.25) is 12.8 Å². The Hall–Kier alpha value is -3.48. The van der Waals surface area contributed by atoms with Gasteiger partial charge in [-0.3, -0.25) is 9.59 Å². The molecule has 3 aromatic carbocycles. The molecule has 6 nitrogen and oxygen atoms in total. The smallest absolute Gasteiger partial charge is 0.210 e. The standard InChI is InChI=1S/C15H15NO.C11H13NO.C3H9N.C2H7N/c17-13-16(11-14-7-3-1-4-8-14)12-15-9-5-2-6-10-15;13-9-12(11-6-7-11)8-10-4-2-1-3-5-10;1-3-4-2;1-3-2/h1-10,13H,11-12H2;1-5,9,11H,6-8H2;4H,3H2,1-2H3;3H,1-2H3. The van der Waals surface area contributed by atoms with Crippen molar-refractivity contribution in [3.05, 3.63) is 108 Å². The third-order valence-electron chi connectivity index (χ3n) is 5.32. The monoisotopic (exact) mass is 504 g/mol. The highest BCUT2D eigenvalue weighted by Gasteiger charge is 2.27. The van der Waals surface area contributed by atoms with E-state index in [1.807, 2.05) is 105 Å². The summed E-state index contributed by atoms with van der Waals surface area (Å²) in [5.41, 5.74) is 3.51. The summed E-state index contributed by atoms with van der Waals surface area (Å²) in [5.74, 6) is 0. The molecule has 1 saturated carbocycles. The van der Waals surface area contributed by atoms with Gasteiger partial charge in [-0.1, -0.05) is 97.9 Å². The van der Waals surface area contributed by atoms with Crippen molar-refractivity contribution >= 4 is 12.8 Å². The molecule has 0 aliphatic heterocycles. The highest BCUT2D eigenvalue weighted by atomic mass is 16.1. The van der Waals surface area contributed by atoms with Crippen LogP contribution in [0.5, 0.6) is 0 Å². The first-order chi connectivity index (χ1) is 18.1. The van der Waals surface area contributed by atoms with Gasteiger partial charge >= 0.3 is 0 Å². The summed E-state index contributed by atoms with van der Waals surface area (Å²) in [6.45, 7) is 5.20. The molecule has 2 amide bonds. The van der Waals surface area contributed by atoms with Crippen LogP contribution in [0.25, 0.3) is 0 Å². The van der Waals surface area contributed by atoms with E-state index in [0.29, 0.717) is 19.1 Å². The van der Waals surface area contributed by atoms with Crippen LogP contribution in [0.3, 0.4) is 0 Å². The number of hydrogen-bond donors (Lipinski definition) is 2. The summed E-state index contributed by atoms with van der Waals surface area (Å²) in [5, 5.41) is 5.68. The van der Waals surface area contributed by atoms with Crippen LogP contribution in [-0.2, 0) is 29.2 Å². The van der Waals surface area contributed by atoms with Gasteiger partial charge in [-0.05, 0) is 57.2 Å². The van der Waals surface area contributed by atoms with E-state index in [1.54, 1.807) is 4.90 Å². The number of benzene rings is 3. The second-order valence-electron chi connectivity index (χ2n) is 8.68. The molecule has 0 unspecified atom stereocenters. The third kappa shape index (κ3) is 15.3. The Morgan fingerprint density at radius 2 is 1.03 bits per heavy atom. The van der Waals surface area contributed by atoms with Gasteiger partial charge < -0.3 is 20.4 Å². The van der Waals surface area contributed by atoms with E-state index in [4.69, 9.17) is 0 Å². The van der Waals surface area contributed by atoms with Gasteiger partial charge in [0, 0.05) is 25.7 Å². The Morgan fingerprint density at radius 3 is 1.30 bits per heavy atom. The number of rotatable bonds is 10. The van der Waals surface area contributed by atoms with Crippen molar-refractivity contribution < 1.29 is 9.59 Å². The van der Waals surface area contributed by atoms with Crippen molar-refractivity contribution in [3.8, 4) is 0 Å². The van der Waals surface area contributed by atoms with Crippen molar-refractivity contribution in [3.63, 3.8) is 0 Å². The largest absolute Gasteiger partial charge is 0.338 e. The summed E-state index contributed by atoms with van der Waals surface area (Å²) in [4.78, 5) is 25.4. The highest BCUT2D eigenvalue weighted by Crippen LogP contribution is 2.26. The molecule has 0 bridgehead atoms. The highest BCUT2D eigenvalue weighted by molar-refractivity contribution is 5.49. The Labute approximate surface area is 223 Å². The van der Waals surface area contributed by atoms with Crippen molar-refractivity contribution in [2.75, 3.05) is 27.7 Å². The maximum Gasteiger partial charge on any atom is 0.210 e. The topological polar surface area (TPSA) is 64.7 Å². The Bertz CT molecular complexity index is 892. The molecule has 4 rings (SSSR count). The van der Waals surface area contributed by atoms with Gasteiger partial charge in [0.05, 0.1) is 0 Å². The molecule has 0 spiro atoms. The fourth-order valence-electron chi connectivity index (χ4n) is 3.22. The molecule has 1 fully saturated rings. The maximum absolute atomic E-state index is 11.0. The van der Waals surface area contributed by atoms with Gasteiger partial charge in [-0.15, -0.1) is 0 Å². The van der Waals surface area contributed by atoms with E-state index in [-0.39, 0.29) is 0 Å². The lowest BCUT2D eigenvalue weighted by atomic mass is 10.2. The molecule has 0 atom stereocenters. The number of nitrogens with zero attached hydrogens (tertiary/aromatic N) is 2. The molecule has 200 valence electrons. The lowest BCUT2D eigenvalue weighted by Crippen LogP contribution is -2.23. The third-order valence-corrected chi connectivity index (χ3v) is 5.32. The number of carbonyl (C=O) groups excluding carboxylic acids is 2. The van der Waals surface area contributed by atoms with Crippen LogP contribution in [0.1, 0.15) is 36.5 Å². The van der Waals surface area contributed by atoms with E-state index in [2.05, 4.69) is 29.7 Å². The average Bonchev–Trinajstić information content (AvgIpc) is 3.80. The molecule has 37 heavy (non-hydrogen) atoms. The molecule has 6 heteroatoms. The molecular formula is C31H44N4O2. The first-order valence-corrected chi connectivity index (χ1v) is 12.9. The number of amides is 2. The molecule has 0 aromatic heterocycles. The molecule has 0 saturated heterocycles. The first kappa shape index (κ1) is 31.5. The van der Waals surface area contributed by atoms with E-state index < -0.39 is 0 Å². The normalized spacial score (nSPS) is 11.2. The van der Waals surface area contributed by atoms with Crippen LogP contribution in [0.4, 0.5) is 0 Å². The van der Waals surface area contributed by atoms with Crippen LogP contribution in [-0.4, -0.2) is 56.3 Å². The van der Waals surface area contributed by atoms with Crippen molar-refractivity contribution in [2.24, 2.45) is 0 Å². The van der Waals surface area contributed by atoms with E-state index >= 15 is 0 Å². The lowest BCUT2D eigenvalue weighted by molar-refractivity contribution is -0.119. The molecule has 3 aromatic rings. The van der Waals surface area contributed by atoms with Gasteiger partial charge in [-0.2, -0.15) is 0 Å². The zero-order valence-corrected chi connectivity index (χ0v) is 22.8. The second kappa shape index (κ2) is 20.7. The maximum atomic E-state index is 11.0.